The normalized spacial score (nSPS) is 11.0. The molecule has 7 nitrogen and oxygen atoms in total. The van der Waals surface area contributed by atoms with Gasteiger partial charge in [0.05, 0.1) is 30.5 Å². The predicted octanol–water partition coefficient (Wildman–Crippen LogP) is 5.48. The van der Waals surface area contributed by atoms with Crippen LogP contribution in [0.5, 0.6) is 5.75 Å². The Bertz CT molecular complexity index is 1400. The van der Waals surface area contributed by atoms with E-state index in [2.05, 4.69) is 20.3 Å². The fourth-order valence-electron chi connectivity index (χ4n) is 3.52. The molecule has 5 aromatic rings. The molecular formula is C25H20FN5O2S. The highest BCUT2D eigenvalue weighted by molar-refractivity contribution is 7.98. The second-order valence-corrected chi connectivity index (χ2v) is 8.30. The number of aromatic nitrogens is 5. The van der Waals surface area contributed by atoms with Crippen LogP contribution in [0.2, 0.25) is 0 Å². The van der Waals surface area contributed by atoms with E-state index in [1.807, 2.05) is 59.2 Å². The summed E-state index contributed by atoms with van der Waals surface area (Å²) in [6.45, 7) is 0.496. The lowest BCUT2D eigenvalue weighted by molar-refractivity contribution is 0.390. The van der Waals surface area contributed by atoms with Crippen molar-refractivity contribution in [3.63, 3.8) is 0 Å². The molecule has 0 aliphatic carbocycles. The number of halogens is 1. The van der Waals surface area contributed by atoms with Gasteiger partial charge in [-0.15, -0.1) is 10.2 Å². The minimum Gasteiger partial charge on any atom is -0.496 e. The summed E-state index contributed by atoms with van der Waals surface area (Å²) in [4.78, 5) is 4.50. The number of nitrogens with zero attached hydrogens (tertiary/aromatic N) is 5. The topological polar surface area (TPSA) is 78.9 Å². The molecule has 0 fully saturated rings. The summed E-state index contributed by atoms with van der Waals surface area (Å²) in [6, 6.07) is 24.0. The predicted molar refractivity (Wildman–Crippen MR) is 127 cm³/mol. The first-order valence-electron chi connectivity index (χ1n) is 10.5. The molecule has 170 valence electrons. The number of hydrogen-bond donors (Lipinski definition) is 0. The number of methoxy groups -OCH3 is 1. The number of benzene rings is 3. The molecule has 0 unspecified atom stereocenters. The maximum atomic E-state index is 14.5. The molecule has 2 heterocycles. The fraction of sp³-hybridized carbons (Fsp3) is 0.120. The van der Waals surface area contributed by atoms with E-state index in [1.54, 1.807) is 25.3 Å². The second-order valence-electron chi connectivity index (χ2n) is 7.36. The molecule has 5 rings (SSSR count). The van der Waals surface area contributed by atoms with Crippen LogP contribution in [0.4, 0.5) is 4.39 Å². The smallest absolute Gasteiger partial charge is 0.237 e. The summed E-state index contributed by atoms with van der Waals surface area (Å²) in [5.74, 6) is 2.05. The van der Waals surface area contributed by atoms with E-state index in [0.717, 1.165) is 11.1 Å². The lowest BCUT2D eigenvalue weighted by atomic mass is 10.2. The molecule has 0 amide bonds. The van der Waals surface area contributed by atoms with Crippen molar-refractivity contribution >= 4 is 11.8 Å². The minimum atomic E-state index is -0.348. The van der Waals surface area contributed by atoms with Crippen LogP contribution in [0.15, 0.2) is 88.5 Å². The summed E-state index contributed by atoms with van der Waals surface area (Å²) in [5, 5.41) is 13.4. The Morgan fingerprint density at radius 3 is 2.44 bits per heavy atom. The van der Waals surface area contributed by atoms with Crippen molar-refractivity contribution in [2.75, 3.05) is 7.11 Å². The summed E-state index contributed by atoms with van der Waals surface area (Å²) in [7, 11) is 1.60. The quantitative estimate of drug-likeness (QED) is 0.276. The summed E-state index contributed by atoms with van der Waals surface area (Å²) in [6.07, 6.45) is 0. The lowest BCUT2D eigenvalue weighted by Gasteiger charge is -2.10. The molecule has 0 saturated heterocycles. The third-order valence-corrected chi connectivity index (χ3v) is 6.11. The third-order valence-electron chi connectivity index (χ3n) is 5.16. The van der Waals surface area contributed by atoms with Crippen LogP contribution in [-0.4, -0.2) is 32.0 Å². The molecular weight excluding hydrogens is 453 g/mol. The van der Waals surface area contributed by atoms with Crippen molar-refractivity contribution < 1.29 is 13.7 Å². The number of rotatable bonds is 8. The highest BCUT2D eigenvalue weighted by Crippen LogP contribution is 2.30. The fourth-order valence-corrected chi connectivity index (χ4v) is 4.30. The van der Waals surface area contributed by atoms with Crippen molar-refractivity contribution in [2.45, 2.75) is 17.5 Å². The maximum absolute atomic E-state index is 14.5. The Morgan fingerprint density at radius 1 is 0.912 bits per heavy atom. The Morgan fingerprint density at radius 2 is 1.65 bits per heavy atom. The van der Waals surface area contributed by atoms with Crippen molar-refractivity contribution in [2.24, 2.45) is 0 Å². The van der Waals surface area contributed by atoms with Gasteiger partial charge in [0.2, 0.25) is 11.7 Å². The summed E-state index contributed by atoms with van der Waals surface area (Å²) < 4.78 is 27.3. The zero-order valence-corrected chi connectivity index (χ0v) is 19.1. The van der Waals surface area contributed by atoms with Crippen LogP contribution < -0.4 is 4.74 Å². The van der Waals surface area contributed by atoms with E-state index in [4.69, 9.17) is 9.26 Å². The molecule has 0 aliphatic heterocycles. The van der Waals surface area contributed by atoms with Crippen LogP contribution >= 0.6 is 11.8 Å². The first-order chi connectivity index (χ1) is 16.7. The zero-order valence-electron chi connectivity index (χ0n) is 18.3. The van der Waals surface area contributed by atoms with Crippen molar-refractivity contribution in [1.82, 2.24) is 24.9 Å². The molecule has 0 N–H and O–H groups in total. The van der Waals surface area contributed by atoms with E-state index in [1.165, 1.54) is 17.8 Å². The molecule has 9 heteroatoms. The zero-order chi connectivity index (χ0) is 23.3. The van der Waals surface area contributed by atoms with Gasteiger partial charge in [-0.05, 0) is 29.8 Å². The number of thioether (sulfide) groups is 1. The van der Waals surface area contributed by atoms with Crippen LogP contribution in [0.3, 0.4) is 0 Å². The maximum Gasteiger partial charge on any atom is 0.237 e. The average molecular weight is 474 g/mol. The monoisotopic (exact) mass is 473 g/mol. The van der Waals surface area contributed by atoms with Crippen LogP contribution in [0.25, 0.3) is 22.8 Å². The van der Waals surface area contributed by atoms with Crippen LogP contribution in [-0.2, 0) is 12.3 Å². The van der Waals surface area contributed by atoms with Crippen molar-refractivity contribution in [3.8, 4) is 28.5 Å². The Labute approximate surface area is 199 Å². The van der Waals surface area contributed by atoms with Gasteiger partial charge in [-0.1, -0.05) is 71.5 Å². The van der Waals surface area contributed by atoms with E-state index in [0.29, 0.717) is 46.3 Å². The van der Waals surface area contributed by atoms with Gasteiger partial charge >= 0.3 is 0 Å². The lowest BCUT2D eigenvalue weighted by Crippen LogP contribution is -2.05. The van der Waals surface area contributed by atoms with Gasteiger partial charge in [-0.25, -0.2) is 4.39 Å². The Hall–Kier alpha value is -3.98. The van der Waals surface area contributed by atoms with E-state index in [-0.39, 0.29) is 5.82 Å². The van der Waals surface area contributed by atoms with Crippen LogP contribution in [0.1, 0.15) is 11.5 Å². The second kappa shape index (κ2) is 9.88. The number of para-hydroxylation sites is 1. The molecule has 0 spiro atoms. The van der Waals surface area contributed by atoms with Gasteiger partial charge in [0, 0.05) is 0 Å². The molecule has 2 aromatic heterocycles. The molecule has 0 bridgehead atoms. The standard InChI is InChI=1S/C25H20FN5O2S/c1-32-21-14-8-6-12-19(21)23-27-22(33-30-23)16-34-25-29-28-24(18-11-5-7-13-20(18)26)31(25)15-17-9-3-2-4-10-17/h2-14H,15-16H2,1H3. The highest BCUT2D eigenvalue weighted by atomic mass is 32.2. The van der Waals surface area contributed by atoms with Gasteiger partial charge in [-0.2, -0.15) is 4.98 Å². The molecule has 0 aliphatic rings. The molecule has 34 heavy (non-hydrogen) atoms. The van der Waals surface area contributed by atoms with E-state index < -0.39 is 0 Å². The highest BCUT2D eigenvalue weighted by Gasteiger charge is 2.19. The molecule has 0 radical (unpaired) electrons. The molecule has 3 aromatic carbocycles. The van der Waals surface area contributed by atoms with Gasteiger partial charge in [0.15, 0.2) is 11.0 Å². The minimum absolute atomic E-state index is 0.348. The largest absolute Gasteiger partial charge is 0.496 e. The Kier molecular flexibility index (Phi) is 6.35. The van der Waals surface area contributed by atoms with E-state index in [9.17, 15) is 4.39 Å². The van der Waals surface area contributed by atoms with Gasteiger partial charge in [0.1, 0.15) is 11.6 Å². The van der Waals surface area contributed by atoms with Crippen LogP contribution in [0, 0.1) is 5.82 Å². The van der Waals surface area contributed by atoms with E-state index >= 15 is 0 Å². The van der Waals surface area contributed by atoms with Gasteiger partial charge in [-0.3, -0.25) is 4.57 Å². The van der Waals surface area contributed by atoms with Crippen molar-refractivity contribution in [1.29, 1.82) is 0 Å². The summed E-state index contributed by atoms with van der Waals surface area (Å²) >= 11 is 1.40. The average Bonchev–Trinajstić information content (AvgIpc) is 3.51. The summed E-state index contributed by atoms with van der Waals surface area (Å²) in [5.41, 5.74) is 2.20. The van der Waals surface area contributed by atoms with Gasteiger partial charge in [0.25, 0.3) is 0 Å². The molecule has 0 atom stereocenters. The third kappa shape index (κ3) is 4.55. The number of hydrogen-bond acceptors (Lipinski definition) is 7. The first-order valence-corrected chi connectivity index (χ1v) is 11.5. The molecule has 0 saturated carbocycles. The first kappa shape index (κ1) is 21.8. The van der Waals surface area contributed by atoms with Gasteiger partial charge < -0.3 is 9.26 Å². The van der Waals surface area contributed by atoms with Crippen molar-refractivity contribution in [3.05, 3.63) is 96.1 Å². The SMILES string of the molecule is COc1ccccc1-c1noc(CSc2nnc(-c3ccccc3F)n2Cc2ccccc2)n1. The number of ether oxygens (including phenoxy) is 1. The Balaban J connectivity index is 1.42.